The Bertz CT molecular complexity index is 373. The first kappa shape index (κ1) is 13.7. The van der Waals surface area contributed by atoms with E-state index in [4.69, 9.17) is 17.3 Å². The number of halogens is 2. The fourth-order valence-corrected chi connectivity index (χ4v) is 2.24. The lowest BCUT2D eigenvalue weighted by molar-refractivity contribution is -0.118. The molecule has 0 aliphatic carbocycles. The fourth-order valence-electron chi connectivity index (χ4n) is 1.46. The molecule has 0 saturated heterocycles. The second-order valence-corrected chi connectivity index (χ2v) is 5.30. The zero-order valence-corrected chi connectivity index (χ0v) is 11.5. The number of amides is 1. The number of aliphatic hydroxyl groups is 1. The van der Waals surface area contributed by atoms with Crippen LogP contribution in [0.15, 0.2) is 24.3 Å². The maximum atomic E-state index is 10.9. The highest BCUT2D eigenvalue weighted by Gasteiger charge is 2.23. The molecule has 3 nitrogen and oxygen atoms in total. The Morgan fingerprint density at radius 3 is 2.75 bits per heavy atom. The number of hydrogen-bond acceptors (Lipinski definition) is 2. The molecule has 1 aromatic carbocycles. The van der Waals surface area contributed by atoms with Crippen LogP contribution in [0, 0.1) is 9.49 Å². The number of rotatable bonds is 5. The highest BCUT2D eigenvalue weighted by atomic mass is 127. The van der Waals surface area contributed by atoms with Gasteiger partial charge in [0.2, 0.25) is 5.91 Å². The van der Waals surface area contributed by atoms with Gasteiger partial charge in [-0.3, -0.25) is 4.79 Å². The monoisotopic (exact) mass is 353 g/mol. The number of aliphatic hydroxyl groups excluding tert-OH is 1. The molecule has 2 atom stereocenters. The van der Waals surface area contributed by atoms with E-state index in [1.165, 1.54) is 0 Å². The summed E-state index contributed by atoms with van der Waals surface area (Å²) in [5.41, 5.74) is 6.15. The van der Waals surface area contributed by atoms with Gasteiger partial charge in [-0.2, -0.15) is 0 Å². The molecule has 0 heterocycles. The molecule has 0 radical (unpaired) electrons. The van der Waals surface area contributed by atoms with Crippen LogP contribution < -0.4 is 5.73 Å². The predicted molar refractivity (Wildman–Crippen MR) is 72.3 cm³/mol. The number of hydrogen-bond donors (Lipinski definition) is 2. The topological polar surface area (TPSA) is 63.3 Å². The van der Waals surface area contributed by atoms with E-state index in [2.05, 4.69) is 22.6 Å². The van der Waals surface area contributed by atoms with Crippen LogP contribution in [0.1, 0.15) is 5.56 Å². The van der Waals surface area contributed by atoms with Gasteiger partial charge in [-0.25, -0.2) is 0 Å². The summed E-state index contributed by atoms with van der Waals surface area (Å²) in [5, 5.41) is 8.35. The minimum absolute atomic E-state index is 0.150. The Morgan fingerprint density at radius 2 is 2.25 bits per heavy atom. The van der Waals surface area contributed by atoms with Crippen molar-refractivity contribution in [3.05, 3.63) is 33.4 Å². The van der Waals surface area contributed by atoms with Gasteiger partial charge in [0, 0.05) is 16.1 Å². The first-order valence-corrected chi connectivity index (χ1v) is 6.34. The standard InChI is InChI=1S/C11H13ClINO2/c12-10(11(14)16)8(6-15)4-7-2-1-3-9(13)5-7/h1-3,5,8,10,15H,4,6H2,(H2,14,16). The van der Waals surface area contributed by atoms with Gasteiger partial charge >= 0.3 is 0 Å². The van der Waals surface area contributed by atoms with Gasteiger partial charge in [0.1, 0.15) is 5.38 Å². The van der Waals surface area contributed by atoms with Crippen LogP contribution in [0.3, 0.4) is 0 Å². The highest BCUT2D eigenvalue weighted by molar-refractivity contribution is 14.1. The lowest BCUT2D eigenvalue weighted by atomic mass is 9.96. The molecule has 2 unspecified atom stereocenters. The van der Waals surface area contributed by atoms with E-state index >= 15 is 0 Å². The van der Waals surface area contributed by atoms with E-state index in [1.807, 2.05) is 24.3 Å². The molecule has 0 saturated carbocycles. The average molecular weight is 354 g/mol. The van der Waals surface area contributed by atoms with Crippen LogP contribution in [0.25, 0.3) is 0 Å². The van der Waals surface area contributed by atoms with Crippen molar-refractivity contribution in [2.75, 3.05) is 6.61 Å². The fraction of sp³-hybridized carbons (Fsp3) is 0.364. The molecular weight excluding hydrogens is 340 g/mol. The number of carbonyl (C=O) groups excluding carboxylic acids is 1. The van der Waals surface area contributed by atoms with Gasteiger partial charge < -0.3 is 10.8 Å². The highest BCUT2D eigenvalue weighted by Crippen LogP contribution is 2.18. The Hall–Kier alpha value is -0.330. The molecule has 0 bridgehead atoms. The molecule has 5 heteroatoms. The van der Waals surface area contributed by atoms with Crippen molar-refractivity contribution in [2.45, 2.75) is 11.8 Å². The Balaban J connectivity index is 2.74. The molecule has 16 heavy (non-hydrogen) atoms. The third-order valence-corrected chi connectivity index (χ3v) is 3.55. The normalized spacial score (nSPS) is 14.4. The van der Waals surface area contributed by atoms with Crippen molar-refractivity contribution in [1.29, 1.82) is 0 Å². The summed E-state index contributed by atoms with van der Waals surface area (Å²) in [4.78, 5) is 10.9. The van der Waals surface area contributed by atoms with Crippen molar-refractivity contribution < 1.29 is 9.90 Å². The molecule has 0 aromatic heterocycles. The summed E-state index contributed by atoms with van der Waals surface area (Å²) >= 11 is 8.04. The van der Waals surface area contributed by atoms with Gasteiger partial charge in [-0.05, 0) is 46.7 Å². The Kier molecular flexibility index (Phi) is 5.51. The molecule has 1 rings (SSSR count). The van der Waals surface area contributed by atoms with E-state index < -0.39 is 11.3 Å². The van der Waals surface area contributed by atoms with Gasteiger partial charge in [0.25, 0.3) is 0 Å². The van der Waals surface area contributed by atoms with E-state index in [0.717, 1.165) is 9.13 Å². The summed E-state index contributed by atoms with van der Waals surface area (Å²) in [7, 11) is 0. The second-order valence-electron chi connectivity index (χ2n) is 3.58. The number of alkyl halides is 1. The van der Waals surface area contributed by atoms with Crippen molar-refractivity contribution in [3.8, 4) is 0 Å². The number of benzene rings is 1. The van der Waals surface area contributed by atoms with Crippen molar-refractivity contribution in [2.24, 2.45) is 11.7 Å². The Morgan fingerprint density at radius 1 is 1.56 bits per heavy atom. The predicted octanol–water partition coefficient (Wildman–Crippen LogP) is 1.53. The van der Waals surface area contributed by atoms with Crippen molar-refractivity contribution in [1.82, 2.24) is 0 Å². The number of carbonyl (C=O) groups is 1. The molecule has 1 amide bonds. The average Bonchev–Trinajstić information content (AvgIpc) is 2.25. The molecule has 0 aliphatic rings. The quantitative estimate of drug-likeness (QED) is 0.623. The summed E-state index contributed by atoms with van der Waals surface area (Å²) < 4.78 is 1.11. The first-order valence-electron chi connectivity index (χ1n) is 4.83. The zero-order chi connectivity index (χ0) is 12.1. The van der Waals surface area contributed by atoms with Crippen LogP contribution in [0.5, 0.6) is 0 Å². The van der Waals surface area contributed by atoms with E-state index in [-0.39, 0.29) is 12.5 Å². The van der Waals surface area contributed by atoms with E-state index in [9.17, 15) is 9.90 Å². The largest absolute Gasteiger partial charge is 0.396 e. The van der Waals surface area contributed by atoms with E-state index in [0.29, 0.717) is 6.42 Å². The van der Waals surface area contributed by atoms with Crippen LogP contribution in [0.4, 0.5) is 0 Å². The molecule has 88 valence electrons. The SMILES string of the molecule is NC(=O)C(Cl)C(CO)Cc1cccc(I)c1. The van der Waals surface area contributed by atoms with Crippen LogP contribution in [-0.2, 0) is 11.2 Å². The smallest absolute Gasteiger partial charge is 0.235 e. The summed E-state index contributed by atoms with van der Waals surface area (Å²) in [6, 6.07) is 7.84. The summed E-state index contributed by atoms with van der Waals surface area (Å²) in [6.07, 6.45) is 0.546. The first-order chi connectivity index (χ1) is 7.54. The molecular formula is C11H13ClINO2. The zero-order valence-electron chi connectivity index (χ0n) is 8.57. The summed E-state index contributed by atoms with van der Waals surface area (Å²) in [5.74, 6) is -0.927. The second kappa shape index (κ2) is 6.42. The molecule has 0 aliphatic heterocycles. The van der Waals surface area contributed by atoms with Gasteiger partial charge in [-0.1, -0.05) is 12.1 Å². The third kappa shape index (κ3) is 3.92. The number of nitrogens with two attached hydrogens (primary N) is 1. The van der Waals surface area contributed by atoms with Gasteiger partial charge in [-0.15, -0.1) is 11.6 Å². The number of primary amides is 1. The third-order valence-electron chi connectivity index (χ3n) is 2.31. The molecule has 0 spiro atoms. The maximum absolute atomic E-state index is 10.9. The minimum atomic E-state index is -0.831. The Labute approximate surface area is 113 Å². The molecule has 0 fully saturated rings. The van der Waals surface area contributed by atoms with Crippen molar-refractivity contribution in [3.63, 3.8) is 0 Å². The molecule has 3 N–H and O–H groups in total. The van der Waals surface area contributed by atoms with Crippen LogP contribution in [0.2, 0.25) is 0 Å². The van der Waals surface area contributed by atoms with E-state index in [1.54, 1.807) is 0 Å². The van der Waals surface area contributed by atoms with Gasteiger partial charge in [0.15, 0.2) is 0 Å². The molecule has 1 aromatic rings. The minimum Gasteiger partial charge on any atom is -0.396 e. The lowest BCUT2D eigenvalue weighted by Gasteiger charge is -2.17. The van der Waals surface area contributed by atoms with Crippen molar-refractivity contribution >= 4 is 40.1 Å². The van der Waals surface area contributed by atoms with Crippen LogP contribution in [-0.4, -0.2) is 23.0 Å². The van der Waals surface area contributed by atoms with Crippen LogP contribution >= 0.6 is 34.2 Å². The maximum Gasteiger partial charge on any atom is 0.235 e. The lowest BCUT2D eigenvalue weighted by Crippen LogP contribution is -2.34. The van der Waals surface area contributed by atoms with Gasteiger partial charge in [0.05, 0.1) is 0 Å². The summed E-state index contributed by atoms with van der Waals surface area (Å²) in [6.45, 7) is -0.150.